The van der Waals surface area contributed by atoms with Gasteiger partial charge in [-0.05, 0) is 61.9 Å². The zero-order valence-corrected chi connectivity index (χ0v) is 17.9. The molecule has 0 bridgehead atoms. The molecule has 2 atom stereocenters. The van der Waals surface area contributed by atoms with E-state index in [9.17, 15) is 4.79 Å². The maximum Gasteiger partial charge on any atom is 0.229 e. The van der Waals surface area contributed by atoms with Gasteiger partial charge in [0.1, 0.15) is 5.82 Å². The number of carbonyl (C=O) groups excluding carboxylic acids is 1. The highest BCUT2D eigenvalue weighted by molar-refractivity contribution is 6.33. The molecule has 2 aromatic rings. The summed E-state index contributed by atoms with van der Waals surface area (Å²) < 4.78 is 5.57. The van der Waals surface area contributed by atoms with Crippen LogP contribution in [0, 0.1) is 11.8 Å². The summed E-state index contributed by atoms with van der Waals surface area (Å²) in [5.74, 6) is 1.06. The highest BCUT2D eigenvalue weighted by Gasteiger charge is 2.21. The molecule has 1 amide bonds. The lowest BCUT2D eigenvalue weighted by atomic mass is 9.99. The van der Waals surface area contributed by atoms with E-state index in [2.05, 4.69) is 33.1 Å². The molecule has 2 aliphatic heterocycles. The van der Waals surface area contributed by atoms with E-state index in [1.165, 1.54) is 6.42 Å². The minimum absolute atomic E-state index is 0.00749. The van der Waals surface area contributed by atoms with Crippen molar-refractivity contribution in [1.82, 2.24) is 10.3 Å². The fourth-order valence-electron chi connectivity index (χ4n) is 4.06. The van der Waals surface area contributed by atoms with Gasteiger partial charge in [0.15, 0.2) is 0 Å². The number of carbonyl (C=O) groups is 1. The predicted octanol–water partition coefficient (Wildman–Crippen LogP) is 4.18. The fourth-order valence-corrected chi connectivity index (χ4v) is 4.27. The first-order valence-electron chi connectivity index (χ1n) is 10.8. The van der Waals surface area contributed by atoms with Crippen molar-refractivity contribution in [3.63, 3.8) is 0 Å². The van der Waals surface area contributed by atoms with Gasteiger partial charge in [0, 0.05) is 37.1 Å². The number of ether oxygens (including phenoxy) is 1. The largest absolute Gasteiger partial charge is 0.385 e. The van der Waals surface area contributed by atoms with Crippen LogP contribution in [-0.4, -0.2) is 43.7 Å². The summed E-state index contributed by atoms with van der Waals surface area (Å²) in [5.41, 5.74) is 2.89. The fraction of sp³-hybridized carbons (Fsp3) is 0.478. The van der Waals surface area contributed by atoms with E-state index in [4.69, 9.17) is 16.3 Å². The number of pyridine rings is 1. The Labute approximate surface area is 182 Å². The van der Waals surface area contributed by atoms with E-state index in [0.717, 1.165) is 62.4 Å². The third-order valence-corrected chi connectivity index (χ3v) is 6.10. The number of hydrogen-bond acceptors (Lipinski definition) is 5. The third kappa shape index (κ3) is 5.50. The molecule has 0 saturated carbocycles. The second kappa shape index (κ2) is 10.2. The SMILES string of the molecule is O=C(Nc1cc(-c2cccc(NC[C@@H]3CCCOC3)c2)c(Cl)cn1)[C@@H]1CCCNC1. The van der Waals surface area contributed by atoms with Crippen molar-refractivity contribution in [2.45, 2.75) is 25.7 Å². The Balaban J connectivity index is 1.45. The summed E-state index contributed by atoms with van der Waals surface area (Å²) in [4.78, 5) is 16.9. The zero-order valence-electron chi connectivity index (χ0n) is 17.1. The lowest BCUT2D eigenvalue weighted by molar-refractivity contribution is -0.120. The summed E-state index contributed by atoms with van der Waals surface area (Å²) in [6.07, 6.45) is 5.85. The summed E-state index contributed by atoms with van der Waals surface area (Å²) in [5, 5.41) is 10.3. The number of nitrogens with one attached hydrogen (secondary N) is 3. The summed E-state index contributed by atoms with van der Waals surface area (Å²) in [6.45, 7) is 4.28. The number of piperidine rings is 1. The molecule has 1 aromatic heterocycles. The van der Waals surface area contributed by atoms with Crippen LogP contribution in [0.15, 0.2) is 36.5 Å². The zero-order chi connectivity index (χ0) is 20.8. The Bertz CT molecular complexity index is 864. The van der Waals surface area contributed by atoms with Gasteiger partial charge in [-0.15, -0.1) is 0 Å². The molecular formula is C23H29ClN4O2. The van der Waals surface area contributed by atoms with Gasteiger partial charge in [0.25, 0.3) is 0 Å². The molecule has 0 unspecified atom stereocenters. The molecule has 0 radical (unpaired) electrons. The second-order valence-electron chi connectivity index (χ2n) is 8.13. The van der Waals surface area contributed by atoms with Gasteiger partial charge in [0.2, 0.25) is 5.91 Å². The van der Waals surface area contributed by atoms with Gasteiger partial charge in [-0.1, -0.05) is 23.7 Å². The van der Waals surface area contributed by atoms with Gasteiger partial charge >= 0.3 is 0 Å². The highest BCUT2D eigenvalue weighted by atomic mass is 35.5. The first kappa shape index (κ1) is 21.1. The Hall–Kier alpha value is -2.15. The summed E-state index contributed by atoms with van der Waals surface area (Å²) >= 11 is 6.44. The number of nitrogens with zero attached hydrogens (tertiary/aromatic N) is 1. The van der Waals surface area contributed by atoms with Crippen LogP contribution < -0.4 is 16.0 Å². The molecule has 0 spiro atoms. The summed E-state index contributed by atoms with van der Waals surface area (Å²) in [7, 11) is 0. The molecule has 1 aromatic carbocycles. The van der Waals surface area contributed by atoms with Crippen LogP contribution in [0.25, 0.3) is 11.1 Å². The van der Waals surface area contributed by atoms with Gasteiger partial charge in [-0.25, -0.2) is 4.98 Å². The first-order chi connectivity index (χ1) is 14.7. The lowest BCUT2D eigenvalue weighted by Crippen LogP contribution is -2.37. The van der Waals surface area contributed by atoms with Crippen molar-refractivity contribution in [2.24, 2.45) is 11.8 Å². The molecule has 4 rings (SSSR count). The van der Waals surface area contributed by atoms with E-state index >= 15 is 0 Å². The normalized spacial score (nSPS) is 21.8. The quantitative estimate of drug-likeness (QED) is 0.643. The average molecular weight is 429 g/mol. The number of hydrogen-bond donors (Lipinski definition) is 3. The number of benzene rings is 1. The van der Waals surface area contributed by atoms with E-state index in [0.29, 0.717) is 23.3 Å². The molecule has 2 saturated heterocycles. The molecule has 7 heteroatoms. The van der Waals surface area contributed by atoms with E-state index in [1.807, 2.05) is 18.2 Å². The van der Waals surface area contributed by atoms with E-state index in [1.54, 1.807) is 6.20 Å². The van der Waals surface area contributed by atoms with Crippen molar-refractivity contribution in [3.05, 3.63) is 41.6 Å². The van der Waals surface area contributed by atoms with Crippen LogP contribution in [0.5, 0.6) is 0 Å². The molecule has 0 aliphatic carbocycles. The lowest BCUT2D eigenvalue weighted by Gasteiger charge is -2.23. The van der Waals surface area contributed by atoms with E-state index < -0.39 is 0 Å². The molecule has 30 heavy (non-hydrogen) atoms. The Morgan fingerprint density at radius 2 is 2.20 bits per heavy atom. The van der Waals surface area contributed by atoms with Crippen molar-refractivity contribution in [1.29, 1.82) is 0 Å². The molecular weight excluding hydrogens is 400 g/mol. The van der Waals surface area contributed by atoms with Crippen molar-refractivity contribution < 1.29 is 9.53 Å². The average Bonchev–Trinajstić information content (AvgIpc) is 2.80. The monoisotopic (exact) mass is 428 g/mol. The highest BCUT2D eigenvalue weighted by Crippen LogP contribution is 2.31. The Morgan fingerprint density at radius 1 is 1.27 bits per heavy atom. The van der Waals surface area contributed by atoms with Gasteiger partial charge in [-0.3, -0.25) is 4.79 Å². The molecule has 160 valence electrons. The number of halogens is 1. The second-order valence-corrected chi connectivity index (χ2v) is 8.53. The number of aromatic nitrogens is 1. The van der Waals surface area contributed by atoms with Crippen LogP contribution in [-0.2, 0) is 9.53 Å². The van der Waals surface area contributed by atoms with Crippen LogP contribution >= 0.6 is 11.6 Å². The Kier molecular flexibility index (Phi) is 7.20. The maximum atomic E-state index is 12.5. The van der Waals surface area contributed by atoms with Gasteiger partial charge in [0.05, 0.1) is 17.5 Å². The topological polar surface area (TPSA) is 75.3 Å². The number of amides is 1. The van der Waals surface area contributed by atoms with Crippen molar-refractivity contribution >= 4 is 29.0 Å². The standard InChI is InChI=1S/C23H29ClN4O2/c24-21-14-27-22(28-23(29)18-6-2-8-25-13-18)11-20(21)17-5-1-7-19(10-17)26-12-16-4-3-9-30-15-16/h1,5,7,10-11,14,16,18,25-26H,2-4,6,8-9,12-13,15H2,(H,27,28,29)/t16-,18+/m0/s1. The smallest absolute Gasteiger partial charge is 0.229 e. The molecule has 2 aliphatic rings. The van der Waals surface area contributed by atoms with Crippen LogP contribution in [0.4, 0.5) is 11.5 Å². The van der Waals surface area contributed by atoms with Crippen molar-refractivity contribution in [3.8, 4) is 11.1 Å². The molecule has 6 nitrogen and oxygen atoms in total. The van der Waals surface area contributed by atoms with Crippen LogP contribution in [0.2, 0.25) is 5.02 Å². The maximum absolute atomic E-state index is 12.5. The molecule has 3 heterocycles. The third-order valence-electron chi connectivity index (χ3n) is 5.80. The molecule has 3 N–H and O–H groups in total. The molecule has 2 fully saturated rings. The van der Waals surface area contributed by atoms with E-state index in [-0.39, 0.29) is 11.8 Å². The minimum atomic E-state index is -0.0176. The Morgan fingerprint density at radius 3 is 3.00 bits per heavy atom. The number of anilines is 2. The van der Waals surface area contributed by atoms with Crippen LogP contribution in [0.3, 0.4) is 0 Å². The summed E-state index contributed by atoms with van der Waals surface area (Å²) in [6, 6.07) is 10.0. The number of rotatable bonds is 6. The first-order valence-corrected chi connectivity index (χ1v) is 11.2. The predicted molar refractivity (Wildman–Crippen MR) is 121 cm³/mol. The van der Waals surface area contributed by atoms with Gasteiger partial charge in [-0.2, -0.15) is 0 Å². The van der Waals surface area contributed by atoms with Crippen LogP contribution in [0.1, 0.15) is 25.7 Å². The van der Waals surface area contributed by atoms with Gasteiger partial charge < -0.3 is 20.7 Å². The minimum Gasteiger partial charge on any atom is -0.385 e. The van der Waals surface area contributed by atoms with Crippen molar-refractivity contribution in [2.75, 3.05) is 43.5 Å².